The van der Waals surface area contributed by atoms with Gasteiger partial charge in [0, 0.05) is 55.4 Å². The molecular formula is C37H30N4O11S2. The molecule has 0 saturated heterocycles. The van der Waals surface area contributed by atoms with Crippen LogP contribution in [0.25, 0.3) is 21.5 Å². The maximum absolute atomic E-state index is 13.3. The van der Waals surface area contributed by atoms with Crippen LogP contribution >= 0.6 is 0 Å². The summed E-state index contributed by atoms with van der Waals surface area (Å²) in [6.45, 7) is 3.34. The van der Waals surface area contributed by atoms with E-state index in [2.05, 4.69) is 21.3 Å². The van der Waals surface area contributed by atoms with Gasteiger partial charge in [0.1, 0.15) is 21.3 Å². The van der Waals surface area contributed by atoms with Crippen molar-refractivity contribution in [3.63, 3.8) is 0 Å². The number of amides is 4. The monoisotopic (exact) mass is 770 g/mol. The van der Waals surface area contributed by atoms with Crippen LogP contribution < -0.4 is 21.3 Å². The van der Waals surface area contributed by atoms with Gasteiger partial charge < -0.3 is 31.5 Å². The minimum absolute atomic E-state index is 0.0139. The second kappa shape index (κ2) is 14.1. The van der Waals surface area contributed by atoms with Crippen molar-refractivity contribution in [2.45, 2.75) is 23.6 Å². The summed E-state index contributed by atoms with van der Waals surface area (Å²) in [4.78, 5) is 38.7. The number of hydrogen-bond acceptors (Lipinski definition) is 9. The zero-order valence-corrected chi connectivity index (χ0v) is 29.8. The molecular weight excluding hydrogens is 741 g/mol. The number of hydrogen-bond donors (Lipinski definition) is 8. The van der Waals surface area contributed by atoms with E-state index in [1.165, 1.54) is 48.5 Å². The molecule has 0 aliphatic carbocycles. The third-order valence-electron chi connectivity index (χ3n) is 8.46. The van der Waals surface area contributed by atoms with Crippen LogP contribution in [-0.4, -0.2) is 54.0 Å². The quantitative estimate of drug-likeness (QED) is 0.0760. The van der Waals surface area contributed by atoms with Crippen molar-refractivity contribution in [2.24, 2.45) is 0 Å². The van der Waals surface area contributed by atoms with E-state index in [1.54, 1.807) is 38.1 Å². The SMILES string of the molecule is Cc1ccc(NC(=O)Nc2ccc(C)c(C(=O)Nc3ccc4c(O)ccc(S(=O)(=O)O)c4c3)c2)cc1C(=O)Nc1ccc2c(O)ccc(S(=O)(=O)O)c2c1. The molecule has 0 unspecified atom stereocenters. The second-order valence-electron chi connectivity index (χ2n) is 12.2. The molecule has 8 N–H and O–H groups in total. The van der Waals surface area contributed by atoms with Crippen LogP contribution in [0.2, 0.25) is 0 Å². The Morgan fingerprint density at radius 3 is 1.19 bits per heavy atom. The van der Waals surface area contributed by atoms with Gasteiger partial charge in [-0.05, 0) is 110 Å². The van der Waals surface area contributed by atoms with Gasteiger partial charge in [-0.3, -0.25) is 18.7 Å². The number of fused-ring (bicyclic) bond motifs is 2. The maximum atomic E-state index is 13.3. The van der Waals surface area contributed by atoms with E-state index in [-0.39, 0.29) is 66.9 Å². The molecule has 0 spiro atoms. The molecule has 0 bridgehead atoms. The predicted molar refractivity (Wildman–Crippen MR) is 202 cm³/mol. The minimum Gasteiger partial charge on any atom is -0.507 e. The number of urea groups is 1. The zero-order chi connectivity index (χ0) is 39.1. The number of aromatic hydroxyl groups is 2. The summed E-state index contributed by atoms with van der Waals surface area (Å²) in [7, 11) is -9.29. The summed E-state index contributed by atoms with van der Waals surface area (Å²) >= 11 is 0. The molecule has 17 heteroatoms. The number of phenols is 2. The number of anilines is 4. The van der Waals surface area contributed by atoms with Crippen LogP contribution in [-0.2, 0) is 20.2 Å². The van der Waals surface area contributed by atoms with E-state index in [1.807, 2.05) is 0 Å². The molecule has 0 aliphatic rings. The summed E-state index contributed by atoms with van der Waals surface area (Å²) in [5.74, 6) is -1.65. The molecule has 0 atom stereocenters. The van der Waals surface area contributed by atoms with Gasteiger partial charge in [-0.1, -0.05) is 12.1 Å². The van der Waals surface area contributed by atoms with Crippen molar-refractivity contribution in [1.29, 1.82) is 0 Å². The molecule has 0 aliphatic heterocycles. The minimum atomic E-state index is -4.65. The van der Waals surface area contributed by atoms with Crippen LogP contribution in [0.5, 0.6) is 11.5 Å². The Balaban J connectivity index is 1.16. The van der Waals surface area contributed by atoms with E-state index in [0.29, 0.717) is 11.1 Å². The summed E-state index contributed by atoms with van der Waals surface area (Å²) in [5, 5.41) is 31.2. The van der Waals surface area contributed by atoms with Gasteiger partial charge in [0.25, 0.3) is 32.1 Å². The molecule has 0 saturated carbocycles. The van der Waals surface area contributed by atoms with Crippen LogP contribution in [0.3, 0.4) is 0 Å². The fraction of sp³-hybridized carbons (Fsp3) is 0.0541. The molecule has 6 aromatic rings. The van der Waals surface area contributed by atoms with E-state index in [0.717, 1.165) is 24.3 Å². The van der Waals surface area contributed by atoms with E-state index < -0.39 is 47.9 Å². The topological polar surface area (TPSA) is 249 Å². The molecule has 0 aromatic heterocycles. The summed E-state index contributed by atoms with van der Waals surface area (Å²) in [5.41, 5.74) is 2.22. The molecule has 0 fully saturated rings. The summed E-state index contributed by atoms with van der Waals surface area (Å²) in [6, 6.07) is 21.1. The lowest BCUT2D eigenvalue weighted by molar-refractivity contribution is 0.101. The third-order valence-corrected chi connectivity index (χ3v) is 10.3. The summed E-state index contributed by atoms with van der Waals surface area (Å²) < 4.78 is 66.9. The van der Waals surface area contributed by atoms with E-state index in [4.69, 9.17) is 0 Å². The van der Waals surface area contributed by atoms with Gasteiger partial charge in [-0.25, -0.2) is 4.79 Å². The van der Waals surface area contributed by atoms with Crippen LogP contribution in [0, 0.1) is 13.8 Å². The zero-order valence-electron chi connectivity index (χ0n) is 28.2. The lowest BCUT2D eigenvalue weighted by Crippen LogP contribution is -2.21. The van der Waals surface area contributed by atoms with Gasteiger partial charge in [-0.15, -0.1) is 0 Å². The molecule has 0 heterocycles. The van der Waals surface area contributed by atoms with Crippen LogP contribution in [0.4, 0.5) is 27.5 Å². The van der Waals surface area contributed by atoms with Gasteiger partial charge >= 0.3 is 6.03 Å². The van der Waals surface area contributed by atoms with Gasteiger partial charge in [0.05, 0.1) is 0 Å². The number of aryl methyl sites for hydroxylation is 2. The Morgan fingerprint density at radius 1 is 0.463 bits per heavy atom. The average Bonchev–Trinajstić information content (AvgIpc) is 3.09. The molecule has 54 heavy (non-hydrogen) atoms. The van der Waals surface area contributed by atoms with Crippen molar-refractivity contribution in [3.05, 3.63) is 119 Å². The standard InChI is InChI=1S/C37H30N4O11S2/c1-19-3-5-23(15-27(19)35(44)38-21-7-9-25-29(17-21)33(53(47,48)49)13-11-31(25)42)40-37(46)41-24-6-4-20(2)28(16-24)36(45)39-22-8-10-26-30(18-22)34(54(50,51)52)14-12-32(26)43/h3-18,42-43H,1-2H3,(H,38,44)(H,39,45)(H2,40,41,46)(H,47,48,49)(H,50,51,52). The normalized spacial score (nSPS) is 11.6. The Morgan fingerprint density at radius 2 is 0.815 bits per heavy atom. The number of rotatable bonds is 8. The summed E-state index contributed by atoms with van der Waals surface area (Å²) in [6.07, 6.45) is 0. The Bertz CT molecular complexity index is 2600. The lowest BCUT2D eigenvalue weighted by Gasteiger charge is -2.14. The van der Waals surface area contributed by atoms with Crippen LogP contribution in [0.15, 0.2) is 107 Å². The fourth-order valence-electron chi connectivity index (χ4n) is 5.80. The second-order valence-corrected chi connectivity index (χ2v) is 15.0. The third kappa shape index (κ3) is 7.79. The molecule has 0 radical (unpaired) electrons. The number of nitrogens with one attached hydrogen (secondary N) is 4. The lowest BCUT2D eigenvalue weighted by atomic mass is 10.1. The first kappa shape index (κ1) is 37.2. The highest BCUT2D eigenvalue weighted by Gasteiger charge is 2.20. The van der Waals surface area contributed by atoms with Gasteiger partial charge in [0.2, 0.25) is 0 Å². The number of carbonyl (C=O) groups excluding carboxylic acids is 3. The van der Waals surface area contributed by atoms with Crippen molar-refractivity contribution >= 4 is 82.4 Å². The fourth-order valence-corrected chi connectivity index (χ4v) is 7.17. The van der Waals surface area contributed by atoms with Crippen molar-refractivity contribution in [1.82, 2.24) is 0 Å². The Kier molecular flexibility index (Phi) is 9.74. The van der Waals surface area contributed by atoms with Gasteiger partial charge in [0.15, 0.2) is 0 Å². The molecule has 276 valence electrons. The first-order valence-corrected chi connectivity index (χ1v) is 18.7. The van der Waals surface area contributed by atoms with E-state index in [9.17, 15) is 50.5 Å². The first-order valence-electron chi connectivity index (χ1n) is 15.8. The number of phenolic OH excluding ortho intramolecular Hbond substituents is 2. The maximum Gasteiger partial charge on any atom is 0.323 e. The van der Waals surface area contributed by atoms with Crippen molar-refractivity contribution < 1.29 is 50.5 Å². The highest BCUT2D eigenvalue weighted by atomic mass is 32.2. The van der Waals surface area contributed by atoms with Crippen molar-refractivity contribution in [3.8, 4) is 11.5 Å². The van der Waals surface area contributed by atoms with Crippen molar-refractivity contribution in [2.75, 3.05) is 21.3 Å². The molecule has 15 nitrogen and oxygen atoms in total. The highest BCUT2D eigenvalue weighted by molar-refractivity contribution is 7.86. The predicted octanol–water partition coefficient (Wildman–Crippen LogP) is 6.66. The first-order chi connectivity index (χ1) is 25.4. The molecule has 6 rings (SSSR count). The molecule has 6 aromatic carbocycles. The number of benzene rings is 6. The van der Waals surface area contributed by atoms with E-state index >= 15 is 0 Å². The van der Waals surface area contributed by atoms with Gasteiger partial charge in [-0.2, -0.15) is 16.8 Å². The largest absolute Gasteiger partial charge is 0.507 e. The Hall–Kier alpha value is -6.53. The number of carbonyl (C=O) groups is 3. The molecule has 4 amide bonds. The Labute approximate surface area is 307 Å². The highest BCUT2D eigenvalue weighted by Crippen LogP contribution is 2.34. The smallest absolute Gasteiger partial charge is 0.323 e. The average molecular weight is 771 g/mol. The van der Waals surface area contributed by atoms with Crippen LogP contribution in [0.1, 0.15) is 31.8 Å².